The minimum absolute atomic E-state index is 0.150. The number of ether oxygens (including phenoxy) is 1. The van der Waals surface area contributed by atoms with Gasteiger partial charge in [-0.1, -0.05) is 6.92 Å². The van der Waals surface area contributed by atoms with Crippen molar-refractivity contribution in [3.05, 3.63) is 24.0 Å². The molecule has 7 heteroatoms. The van der Waals surface area contributed by atoms with Crippen molar-refractivity contribution in [3.63, 3.8) is 0 Å². The molecule has 0 bridgehead atoms. The molecule has 4 rings (SSSR count). The quantitative estimate of drug-likeness (QED) is 0.837. The first-order chi connectivity index (χ1) is 12.8. The number of fused-ring (bicyclic) bond motifs is 1. The lowest BCUT2D eigenvalue weighted by atomic mass is 9.87. The molecular weight excluding hydrogens is 342 g/mol. The third-order valence-corrected chi connectivity index (χ3v) is 5.39. The van der Waals surface area contributed by atoms with Gasteiger partial charge in [0.05, 0.1) is 6.20 Å². The molecule has 0 aliphatic heterocycles. The molecule has 2 aliphatic carbocycles. The van der Waals surface area contributed by atoms with Gasteiger partial charge in [0.2, 0.25) is 0 Å². The van der Waals surface area contributed by atoms with Crippen LogP contribution in [0.1, 0.15) is 65.0 Å². The number of carbonyl (C=O) groups excluding carboxylic acids is 1. The Morgan fingerprint density at radius 1 is 1.30 bits per heavy atom. The van der Waals surface area contributed by atoms with E-state index in [1.54, 1.807) is 6.20 Å². The van der Waals surface area contributed by atoms with Crippen LogP contribution in [0.15, 0.2) is 18.3 Å². The summed E-state index contributed by atoms with van der Waals surface area (Å²) in [7, 11) is 0. The average molecular weight is 371 g/mol. The number of nitrogens with one attached hydrogen (secondary N) is 2. The Labute approximate surface area is 159 Å². The molecule has 1 atom stereocenters. The number of carbonyl (C=O) groups is 1. The normalized spacial score (nSPS) is 23.6. The molecule has 2 heterocycles. The molecule has 2 saturated carbocycles. The highest BCUT2D eigenvalue weighted by atomic mass is 16.6. The summed E-state index contributed by atoms with van der Waals surface area (Å²) in [5.41, 5.74) is 1.55. The van der Waals surface area contributed by atoms with Crippen LogP contribution in [0.25, 0.3) is 5.65 Å². The zero-order valence-corrected chi connectivity index (χ0v) is 16.5. The molecule has 0 saturated heterocycles. The molecule has 146 valence electrons. The Bertz CT molecular complexity index is 830. The lowest BCUT2D eigenvalue weighted by Crippen LogP contribution is -2.50. The zero-order chi connectivity index (χ0) is 19.2. The second kappa shape index (κ2) is 6.69. The van der Waals surface area contributed by atoms with Crippen LogP contribution in [0.2, 0.25) is 0 Å². The molecule has 2 aromatic rings. The molecule has 2 fully saturated rings. The largest absolute Gasteiger partial charge is 0.444 e. The minimum Gasteiger partial charge on any atom is -0.444 e. The Morgan fingerprint density at radius 3 is 2.70 bits per heavy atom. The van der Waals surface area contributed by atoms with Crippen LogP contribution in [0, 0.1) is 5.92 Å². The first-order valence-corrected chi connectivity index (χ1v) is 9.89. The fourth-order valence-corrected chi connectivity index (χ4v) is 3.64. The Balaban J connectivity index is 1.38. The smallest absolute Gasteiger partial charge is 0.407 e. The third kappa shape index (κ3) is 4.17. The molecule has 2 aromatic heterocycles. The lowest BCUT2D eigenvalue weighted by Gasteiger charge is -2.37. The average Bonchev–Trinajstić information content (AvgIpc) is 3.27. The van der Waals surface area contributed by atoms with Crippen LogP contribution in [0.3, 0.4) is 0 Å². The van der Waals surface area contributed by atoms with Crippen molar-refractivity contribution in [2.75, 3.05) is 5.32 Å². The highest BCUT2D eigenvalue weighted by molar-refractivity contribution is 5.68. The summed E-state index contributed by atoms with van der Waals surface area (Å²) in [5, 5.41) is 10.9. The summed E-state index contributed by atoms with van der Waals surface area (Å²) in [6.45, 7) is 7.88. The van der Waals surface area contributed by atoms with Gasteiger partial charge in [0.15, 0.2) is 5.65 Å². The number of aromatic nitrogens is 3. The van der Waals surface area contributed by atoms with E-state index in [4.69, 9.17) is 9.72 Å². The van der Waals surface area contributed by atoms with Crippen molar-refractivity contribution in [1.82, 2.24) is 19.9 Å². The van der Waals surface area contributed by atoms with Crippen LogP contribution < -0.4 is 10.6 Å². The summed E-state index contributed by atoms with van der Waals surface area (Å²) in [4.78, 5) is 16.7. The maximum Gasteiger partial charge on any atom is 0.407 e. The highest BCUT2D eigenvalue weighted by Crippen LogP contribution is 2.42. The molecule has 1 unspecified atom stereocenters. The lowest BCUT2D eigenvalue weighted by molar-refractivity contribution is 0.0475. The van der Waals surface area contributed by atoms with Gasteiger partial charge in [-0.25, -0.2) is 9.78 Å². The Hall–Kier alpha value is -2.31. The fraction of sp³-hybridized carbons (Fsp3) is 0.650. The van der Waals surface area contributed by atoms with Gasteiger partial charge < -0.3 is 15.4 Å². The van der Waals surface area contributed by atoms with Gasteiger partial charge in [-0.05, 0) is 52.4 Å². The zero-order valence-electron chi connectivity index (χ0n) is 16.5. The molecule has 1 amide bonds. The van der Waals surface area contributed by atoms with Gasteiger partial charge >= 0.3 is 6.09 Å². The third-order valence-electron chi connectivity index (χ3n) is 5.39. The minimum atomic E-state index is -0.469. The van der Waals surface area contributed by atoms with Gasteiger partial charge in [0.25, 0.3) is 0 Å². The van der Waals surface area contributed by atoms with E-state index in [2.05, 4.69) is 28.7 Å². The van der Waals surface area contributed by atoms with Crippen LogP contribution in [0.4, 0.5) is 10.6 Å². The van der Waals surface area contributed by atoms with Crippen molar-refractivity contribution >= 4 is 17.6 Å². The van der Waals surface area contributed by atoms with Gasteiger partial charge in [0, 0.05) is 35.8 Å². The van der Waals surface area contributed by atoms with Crippen molar-refractivity contribution in [2.24, 2.45) is 5.92 Å². The number of alkyl carbamates (subject to hydrolysis) is 1. The van der Waals surface area contributed by atoms with Crippen molar-refractivity contribution in [1.29, 1.82) is 0 Å². The molecular formula is C20H29N5O2. The summed E-state index contributed by atoms with van der Waals surface area (Å²) in [6.07, 6.45) is 5.79. The van der Waals surface area contributed by atoms with Gasteiger partial charge in [-0.2, -0.15) is 9.61 Å². The van der Waals surface area contributed by atoms with E-state index in [1.165, 1.54) is 12.8 Å². The van der Waals surface area contributed by atoms with Crippen molar-refractivity contribution in [2.45, 2.75) is 77.0 Å². The van der Waals surface area contributed by atoms with Crippen LogP contribution in [-0.2, 0) is 4.74 Å². The Morgan fingerprint density at radius 2 is 2.04 bits per heavy atom. The van der Waals surface area contributed by atoms with E-state index in [1.807, 2.05) is 31.4 Å². The summed E-state index contributed by atoms with van der Waals surface area (Å²) in [6, 6.07) is 4.54. The van der Waals surface area contributed by atoms with Crippen LogP contribution in [-0.4, -0.2) is 38.4 Å². The van der Waals surface area contributed by atoms with E-state index < -0.39 is 5.60 Å². The summed E-state index contributed by atoms with van der Waals surface area (Å²) >= 11 is 0. The van der Waals surface area contributed by atoms with Crippen LogP contribution in [0.5, 0.6) is 0 Å². The molecule has 0 radical (unpaired) electrons. The molecule has 0 aromatic carbocycles. The van der Waals surface area contributed by atoms with Crippen molar-refractivity contribution in [3.8, 4) is 0 Å². The standard InChI is InChI=1S/C20H29N5O2/c1-12(13-5-6-13)16-11-18(25-17(24-16)7-8-21-25)22-14-9-15(10-14)23-19(26)27-20(2,3)4/h7-8,11-15,22H,5-6,9-10H2,1-4H3,(H,23,26). The Kier molecular flexibility index (Phi) is 4.48. The fourth-order valence-electron chi connectivity index (χ4n) is 3.64. The van der Waals surface area contributed by atoms with Gasteiger partial charge in [-0.15, -0.1) is 0 Å². The predicted octanol–water partition coefficient (Wildman–Crippen LogP) is 3.71. The maximum absolute atomic E-state index is 11.9. The van der Waals surface area contributed by atoms with Gasteiger partial charge in [0.1, 0.15) is 11.4 Å². The van der Waals surface area contributed by atoms with E-state index in [-0.39, 0.29) is 12.1 Å². The molecule has 7 nitrogen and oxygen atoms in total. The molecule has 0 spiro atoms. The maximum atomic E-state index is 11.9. The van der Waals surface area contributed by atoms with E-state index in [0.29, 0.717) is 12.0 Å². The number of rotatable bonds is 5. The second-order valence-corrected chi connectivity index (χ2v) is 8.95. The monoisotopic (exact) mass is 371 g/mol. The summed E-state index contributed by atoms with van der Waals surface area (Å²) < 4.78 is 7.18. The number of nitrogens with zero attached hydrogens (tertiary/aromatic N) is 3. The van der Waals surface area contributed by atoms with E-state index in [9.17, 15) is 4.79 Å². The number of hydrogen-bond donors (Lipinski definition) is 2. The summed E-state index contributed by atoms with van der Waals surface area (Å²) in [5.74, 6) is 2.23. The molecule has 2 N–H and O–H groups in total. The highest BCUT2D eigenvalue weighted by Gasteiger charge is 2.33. The number of anilines is 1. The topological polar surface area (TPSA) is 80.5 Å². The predicted molar refractivity (Wildman–Crippen MR) is 104 cm³/mol. The second-order valence-electron chi connectivity index (χ2n) is 8.95. The SMILES string of the molecule is CC(c1cc(NC2CC(NC(=O)OC(C)(C)C)C2)n2nccc2n1)C1CC1. The molecule has 27 heavy (non-hydrogen) atoms. The van der Waals surface area contributed by atoms with E-state index in [0.717, 1.165) is 35.9 Å². The van der Waals surface area contributed by atoms with Crippen molar-refractivity contribution < 1.29 is 9.53 Å². The number of amides is 1. The van der Waals surface area contributed by atoms with E-state index >= 15 is 0 Å². The first-order valence-electron chi connectivity index (χ1n) is 9.89. The van der Waals surface area contributed by atoms with Crippen LogP contribution >= 0.6 is 0 Å². The van der Waals surface area contributed by atoms with Gasteiger partial charge in [-0.3, -0.25) is 0 Å². The molecule has 2 aliphatic rings. The first kappa shape index (κ1) is 18.1. The number of hydrogen-bond acceptors (Lipinski definition) is 5.